The fourth-order valence-corrected chi connectivity index (χ4v) is 3.35. The number of nitrogens with one attached hydrogen (secondary N) is 1. The Morgan fingerprint density at radius 1 is 1.13 bits per heavy atom. The molecule has 0 aliphatic heterocycles. The van der Waals surface area contributed by atoms with Crippen molar-refractivity contribution >= 4 is 35.0 Å². The molecule has 0 heterocycles. The summed E-state index contributed by atoms with van der Waals surface area (Å²) in [5.74, 6) is 0.0679. The Kier molecular flexibility index (Phi) is 9.00. The molecule has 0 aliphatic rings. The molecule has 5 nitrogen and oxygen atoms in total. The summed E-state index contributed by atoms with van der Waals surface area (Å²) in [7, 11) is 0. The second kappa shape index (κ2) is 11.2. The van der Waals surface area contributed by atoms with Gasteiger partial charge in [-0.1, -0.05) is 42.3 Å². The summed E-state index contributed by atoms with van der Waals surface area (Å²) in [4.78, 5) is 27.0. The number of rotatable bonds is 9. The Balaban J connectivity index is 2.17. The van der Waals surface area contributed by atoms with Crippen LogP contribution in [0.15, 0.2) is 36.4 Å². The van der Waals surface area contributed by atoms with Crippen LogP contribution in [0.1, 0.15) is 37.0 Å². The van der Waals surface area contributed by atoms with Gasteiger partial charge in [-0.05, 0) is 68.1 Å². The third-order valence-corrected chi connectivity index (χ3v) is 5.56. The third kappa shape index (κ3) is 6.64. The monoisotopic (exact) mass is 450 g/mol. The van der Waals surface area contributed by atoms with E-state index >= 15 is 0 Å². The van der Waals surface area contributed by atoms with Gasteiger partial charge in [-0.3, -0.25) is 9.59 Å². The average molecular weight is 451 g/mol. The molecule has 2 aromatic carbocycles. The maximum Gasteiger partial charge on any atom is 0.261 e. The molecule has 0 spiro atoms. The number of carbonyl (C=O) groups excluding carboxylic acids is 2. The number of ether oxygens (including phenoxy) is 1. The van der Waals surface area contributed by atoms with E-state index in [0.717, 1.165) is 23.1 Å². The molecule has 0 saturated carbocycles. The first-order valence-electron chi connectivity index (χ1n) is 9.94. The predicted molar refractivity (Wildman–Crippen MR) is 121 cm³/mol. The molecule has 1 atom stereocenters. The van der Waals surface area contributed by atoms with E-state index < -0.39 is 6.04 Å². The van der Waals surface area contributed by atoms with Crippen LogP contribution in [0.5, 0.6) is 5.75 Å². The van der Waals surface area contributed by atoms with Gasteiger partial charge in [0.15, 0.2) is 6.61 Å². The molecule has 0 fully saturated rings. The number of hydrogen-bond donors (Lipinski definition) is 1. The topological polar surface area (TPSA) is 58.6 Å². The SMILES string of the molecule is CCCNC(=O)C(C)N(Cc1cccc(Cl)c1)C(=O)COc1cc(C)c(Cl)c(C)c1. The van der Waals surface area contributed by atoms with E-state index in [-0.39, 0.29) is 25.0 Å². The maximum absolute atomic E-state index is 13.0. The fourth-order valence-electron chi connectivity index (χ4n) is 3.03. The van der Waals surface area contributed by atoms with Crippen LogP contribution in [0.2, 0.25) is 10.0 Å². The molecule has 2 rings (SSSR count). The molecule has 0 radical (unpaired) electrons. The zero-order valence-electron chi connectivity index (χ0n) is 17.8. The highest BCUT2D eigenvalue weighted by Gasteiger charge is 2.26. The van der Waals surface area contributed by atoms with Gasteiger partial charge in [0.05, 0.1) is 0 Å². The first kappa shape index (κ1) is 24.0. The van der Waals surface area contributed by atoms with Crippen molar-refractivity contribution in [3.05, 3.63) is 63.1 Å². The van der Waals surface area contributed by atoms with Crippen molar-refractivity contribution < 1.29 is 14.3 Å². The summed E-state index contributed by atoms with van der Waals surface area (Å²) in [6.45, 7) is 8.08. The molecule has 1 N–H and O–H groups in total. The van der Waals surface area contributed by atoms with Crippen molar-refractivity contribution in [1.82, 2.24) is 10.2 Å². The Hall–Kier alpha value is -2.24. The predicted octanol–water partition coefficient (Wildman–Crippen LogP) is 4.93. The number of benzene rings is 2. The highest BCUT2D eigenvalue weighted by Crippen LogP contribution is 2.26. The van der Waals surface area contributed by atoms with Crippen LogP contribution in [0.4, 0.5) is 0 Å². The molecule has 0 bridgehead atoms. The van der Waals surface area contributed by atoms with Crippen LogP contribution >= 0.6 is 23.2 Å². The lowest BCUT2D eigenvalue weighted by Gasteiger charge is -2.29. The summed E-state index contributed by atoms with van der Waals surface area (Å²) in [6, 6.07) is 10.2. The van der Waals surface area contributed by atoms with Crippen molar-refractivity contribution in [2.24, 2.45) is 0 Å². The lowest BCUT2D eigenvalue weighted by Crippen LogP contribution is -2.49. The summed E-state index contributed by atoms with van der Waals surface area (Å²) in [6.07, 6.45) is 0.819. The molecule has 1 unspecified atom stereocenters. The van der Waals surface area contributed by atoms with E-state index in [4.69, 9.17) is 27.9 Å². The second-order valence-corrected chi connectivity index (χ2v) is 8.09. The first-order valence-corrected chi connectivity index (χ1v) is 10.7. The van der Waals surface area contributed by atoms with E-state index in [1.54, 1.807) is 31.2 Å². The zero-order valence-corrected chi connectivity index (χ0v) is 19.3. The first-order chi connectivity index (χ1) is 14.2. The molecule has 0 aliphatic carbocycles. The quantitative estimate of drug-likeness (QED) is 0.588. The molecule has 2 amide bonds. The third-order valence-electron chi connectivity index (χ3n) is 4.73. The van der Waals surface area contributed by atoms with Gasteiger partial charge in [0.1, 0.15) is 11.8 Å². The van der Waals surface area contributed by atoms with Crippen molar-refractivity contribution in [2.75, 3.05) is 13.2 Å². The molecule has 30 heavy (non-hydrogen) atoms. The lowest BCUT2D eigenvalue weighted by molar-refractivity contribution is -0.142. The van der Waals surface area contributed by atoms with Crippen LogP contribution in [-0.2, 0) is 16.1 Å². The van der Waals surface area contributed by atoms with Crippen LogP contribution in [0.3, 0.4) is 0 Å². The van der Waals surface area contributed by atoms with Crippen molar-refractivity contribution in [1.29, 1.82) is 0 Å². The number of halogens is 2. The second-order valence-electron chi connectivity index (χ2n) is 7.28. The molecule has 2 aromatic rings. The van der Waals surface area contributed by atoms with E-state index in [2.05, 4.69) is 5.32 Å². The summed E-state index contributed by atoms with van der Waals surface area (Å²) in [5, 5.41) is 4.10. The number of aryl methyl sites for hydroxylation is 2. The number of amides is 2. The van der Waals surface area contributed by atoms with Gasteiger partial charge in [-0.2, -0.15) is 0 Å². The Bertz CT molecular complexity index is 879. The highest BCUT2D eigenvalue weighted by atomic mass is 35.5. The minimum absolute atomic E-state index is 0.188. The van der Waals surface area contributed by atoms with E-state index in [1.807, 2.05) is 32.9 Å². The average Bonchev–Trinajstić information content (AvgIpc) is 2.71. The lowest BCUT2D eigenvalue weighted by atomic mass is 10.1. The van der Waals surface area contributed by atoms with Gasteiger partial charge in [0.25, 0.3) is 5.91 Å². The molecular weight excluding hydrogens is 423 g/mol. The van der Waals surface area contributed by atoms with Gasteiger partial charge in [-0.15, -0.1) is 0 Å². The molecule has 0 saturated heterocycles. The number of carbonyl (C=O) groups is 2. The maximum atomic E-state index is 13.0. The Morgan fingerprint density at radius 2 is 1.80 bits per heavy atom. The summed E-state index contributed by atoms with van der Waals surface area (Å²) >= 11 is 12.3. The fraction of sp³-hybridized carbons (Fsp3) is 0.391. The van der Waals surface area contributed by atoms with E-state index in [0.29, 0.717) is 22.3 Å². The van der Waals surface area contributed by atoms with Crippen LogP contribution in [0, 0.1) is 13.8 Å². The van der Waals surface area contributed by atoms with Crippen molar-refractivity contribution in [2.45, 2.75) is 46.7 Å². The largest absolute Gasteiger partial charge is 0.484 e. The van der Waals surface area contributed by atoms with E-state index in [9.17, 15) is 9.59 Å². The van der Waals surface area contributed by atoms with Crippen molar-refractivity contribution in [3.8, 4) is 5.75 Å². The van der Waals surface area contributed by atoms with Crippen molar-refractivity contribution in [3.63, 3.8) is 0 Å². The minimum atomic E-state index is -0.652. The summed E-state index contributed by atoms with van der Waals surface area (Å²) < 4.78 is 5.73. The minimum Gasteiger partial charge on any atom is -0.484 e. The van der Waals surface area contributed by atoms with Crippen LogP contribution < -0.4 is 10.1 Å². The molecular formula is C23H28Cl2N2O3. The van der Waals surface area contributed by atoms with Gasteiger partial charge in [0, 0.05) is 23.1 Å². The smallest absolute Gasteiger partial charge is 0.261 e. The highest BCUT2D eigenvalue weighted by molar-refractivity contribution is 6.32. The zero-order chi connectivity index (χ0) is 22.3. The standard InChI is InChI=1S/C23H28Cl2N2O3/c1-5-9-26-23(29)17(4)27(13-18-7-6-8-19(24)12-18)21(28)14-30-20-10-15(2)22(25)16(3)11-20/h6-8,10-12,17H,5,9,13-14H2,1-4H3,(H,26,29). The van der Waals surface area contributed by atoms with Gasteiger partial charge >= 0.3 is 0 Å². The van der Waals surface area contributed by atoms with Crippen LogP contribution in [0.25, 0.3) is 0 Å². The number of hydrogen-bond acceptors (Lipinski definition) is 3. The van der Waals surface area contributed by atoms with Gasteiger partial charge in [-0.25, -0.2) is 0 Å². The molecule has 7 heteroatoms. The summed E-state index contributed by atoms with van der Waals surface area (Å²) in [5.41, 5.74) is 2.59. The molecule has 0 aromatic heterocycles. The normalized spacial score (nSPS) is 11.7. The van der Waals surface area contributed by atoms with E-state index in [1.165, 1.54) is 4.90 Å². The number of nitrogens with zero attached hydrogens (tertiary/aromatic N) is 1. The van der Waals surface area contributed by atoms with Gasteiger partial charge in [0.2, 0.25) is 5.91 Å². The Labute approximate surface area is 188 Å². The molecule has 162 valence electrons. The Morgan fingerprint density at radius 3 is 2.40 bits per heavy atom. The van der Waals surface area contributed by atoms with Crippen LogP contribution in [-0.4, -0.2) is 35.9 Å². The van der Waals surface area contributed by atoms with Gasteiger partial charge < -0.3 is 15.0 Å².